The van der Waals surface area contributed by atoms with Crippen LogP contribution in [0.1, 0.15) is 38.7 Å². The van der Waals surface area contributed by atoms with Crippen LogP contribution in [0.2, 0.25) is 0 Å². The first-order valence-electron chi connectivity index (χ1n) is 11.2. The monoisotopic (exact) mass is 543 g/mol. The highest BCUT2D eigenvalue weighted by atomic mass is 127. The maximum Gasteiger partial charge on any atom is 0.227 e. The van der Waals surface area contributed by atoms with Crippen molar-refractivity contribution >= 4 is 41.5 Å². The minimum Gasteiger partial charge on any atom is -0.374 e. The Hall–Kier alpha value is -1.39. The van der Waals surface area contributed by atoms with E-state index in [2.05, 4.69) is 39.7 Å². The van der Waals surface area contributed by atoms with Crippen LogP contribution in [-0.2, 0) is 16.1 Å². The van der Waals surface area contributed by atoms with E-state index in [-0.39, 0.29) is 41.9 Å². The first kappa shape index (κ1) is 25.9. The van der Waals surface area contributed by atoms with Crippen molar-refractivity contribution in [1.29, 1.82) is 0 Å². The lowest BCUT2D eigenvalue weighted by Gasteiger charge is -2.34. The van der Waals surface area contributed by atoms with E-state index in [1.165, 1.54) is 0 Å². The number of guanidine groups is 1. The van der Waals surface area contributed by atoms with Crippen molar-refractivity contribution < 1.29 is 9.53 Å². The molecule has 8 heteroatoms. The number of morpholine rings is 1. The van der Waals surface area contributed by atoms with E-state index in [9.17, 15) is 4.79 Å². The van der Waals surface area contributed by atoms with Crippen molar-refractivity contribution in [3.63, 3.8) is 0 Å². The summed E-state index contributed by atoms with van der Waals surface area (Å²) in [5, 5.41) is 9.77. The Morgan fingerprint density at radius 2 is 2.10 bits per heavy atom. The average molecular weight is 543 g/mol. The lowest BCUT2D eigenvalue weighted by atomic mass is 9.85. The Balaban J connectivity index is 0.00000341. The molecule has 3 rings (SSSR count). The van der Waals surface area contributed by atoms with Gasteiger partial charge in [0.1, 0.15) is 0 Å². The van der Waals surface area contributed by atoms with Gasteiger partial charge in [0.2, 0.25) is 5.91 Å². The molecule has 1 aliphatic carbocycles. The van der Waals surface area contributed by atoms with Gasteiger partial charge in [-0.05, 0) is 36.5 Å². The summed E-state index contributed by atoms with van der Waals surface area (Å²) in [4.78, 5) is 19.0. The molecule has 31 heavy (non-hydrogen) atoms. The number of benzene rings is 1. The normalized spacial score (nSPS) is 20.0. The van der Waals surface area contributed by atoms with Gasteiger partial charge in [-0.2, -0.15) is 0 Å². The molecule has 1 amide bonds. The Morgan fingerprint density at radius 1 is 1.29 bits per heavy atom. The standard InChI is InChI=1S/C23H37N5O2.HI/c1-17(2)15-28-10-11-30-21(16-28)14-26-23(24-3)25-13-18-6-4-9-20(12-18)27-22(29)19-7-5-8-19;/h4,6,9,12,17,19,21H,5,7-8,10-11,13-16H2,1-3H3,(H,27,29)(H2,24,25,26);1H. The molecule has 0 aromatic heterocycles. The lowest BCUT2D eigenvalue weighted by Crippen LogP contribution is -2.50. The fourth-order valence-electron chi connectivity index (χ4n) is 3.88. The van der Waals surface area contributed by atoms with Gasteiger partial charge in [-0.3, -0.25) is 14.7 Å². The molecular formula is C23H38IN5O2. The summed E-state index contributed by atoms with van der Waals surface area (Å²) in [6, 6.07) is 7.98. The maximum atomic E-state index is 12.2. The molecule has 174 valence electrons. The van der Waals surface area contributed by atoms with Crippen LogP contribution in [0.5, 0.6) is 0 Å². The number of nitrogens with one attached hydrogen (secondary N) is 3. The molecule has 1 saturated carbocycles. The van der Waals surface area contributed by atoms with Crippen LogP contribution in [0.3, 0.4) is 0 Å². The zero-order valence-electron chi connectivity index (χ0n) is 19.0. The molecule has 3 N–H and O–H groups in total. The summed E-state index contributed by atoms with van der Waals surface area (Å²) in [6.45, 7) is 9.72. The van der Waals surface area contributed by atoms with Crippen molar-refractivity contribution in [2.24, 2.45) is 16.8 Å². The van der Waals surface area contributed by atoms with E-state index in [0.717, 1.165) is 69.3 Å². The van der Waals surface area contributed by atoms with Crippen LogP contribution in [0, 0.1) is 11.8 Å². The average Bonchev–Trinajstić information content (AvgIpc) is 2.67. The van der Waals surface area contributed by atoms with Crippen LogP contribution < -0.4 is 16.0 Å². The zero-order valence-corrected chi connectivity index (χ0v) is 21.4. The summed E-state index contributed by atoms with van der Waals surface area (Å²) < 4.78 is 5.91. The fourth-order valence-corrected chi connectivity index (χ4v) is 3.88. The van der Waals surface area contributed by atoms with Crippen molar-refractivity contribution in [2.45, 2.75) is 45.8 Å². The van der Waals surface area contributed by atoms with Crippen LogP contribution in [0.15, 0.2) is 29.3 Å². The number of anilines is 1. The van der Waals surface area contributed by atoms with E-state index in [1.807, 2.05) is 24.3 Å². The minimum atomic E-state index is 0. The first-order valence-corrected chi connectivity index (χ1v) is 11.2. The third-order valence-corrected chi connectivity index (χ3v) is 5.70. The molecule has 1 aromatic carbocycles. The summed E-state index contributed by atoms with van der Waals surface area (Å²) >= 11 is 0. The molecule has 1 aromatic rings. The predicted octanol–water partition coefficient (Wildman–Crippen LogP) is 3.07. The quantitative estimate of drug-likeness (QED) is 0.267. The molecular weight excluding hydrogens is 505 g/mol. The zero-order chi connectivity index (χ0) is 21.3. The van der Waals surface area contributed by atoms with Gasteiger partial charge in [-0.15, -0.1) is 24.0 Å². The molecule has 1 unspecified atom stereocenters. The van der Waals surface area contributed by atoms with Gasteiger partial charge in [-0.1, -0.05) is 32.4 Å². The Morgan fingerprint density at radius 3 is 2.77 bits per heavy atom. The van der Waals surface area contributed by atoms with E-state index in [0.29, 0.717) is 12.5 Å². The van der Waals surface area contributed by atoms with Crippen LogP contribution in [-0.4, -0.2) is 62.7 Å². The highest BCUT2D eigenvalue weighted by Crippen LogP contribution is 2.27. The topological polar surface area (TPSA) is 78.0 Å². The van der Waals surface area contributed by atoms with Crippen LogP contribution in [0.25, 0.3) is 0 Å². The number of carbonyl (C=O) groups is 1. The van der Waals surface area contributed by atoms with E-state index >= 15 is 0 Å². The predicted molar refractivity (Wildman–Crippen MR) is 137 cm³/mol. The number of amides is 1. The van der Waals surface area contributed by atoms with Crippen molar-refractivity contribution in [1.82, 2.24) is 15.5 Å². The second-order valence-electron chi connectivity index (χ2n) is 8.77. The molecule has 7 nitrogen and oxygen atoms in total. The lowest BCUT2D eigenvalue weighted by molar-refractivity contribution is -0.122. The Labute approximate surface area is 203 Å². The van der Waals surface area contributed by atoms with Gasteiger partial charge >= 0.3 is 0 Å². The van der Waals surface area contributed by atoms with Gasteiger partial charge in [0, 0.05) is 51.4 Å². The minimum absolute atomic E-state index is 0. The Bertz CT molecular complexity index is 724. The molecule has 1 atom stereocenters. The number of hydrogen-bond donors (Lipinski definition) is 3. The molecule has 0 radical (unpaired) electrons. The van der Waals surface area contributed by atoms with Gasteiger partial charge in [-0.25, -0.2) is 0 Å². The molecule has 2 fully saturated rings. The van der Waals surface area contributed by atoms with Crippen LogP contribution in [0.4, 0.5) is 5.69 Å². The first-order chi connectivity index (χ1) is 14.5. The number of rotatable bonds is 8. The molecule has 2 aliphatic rings. The number of hydrogen-bond acceptors (Lipinski definition) is 4. The third-order valence-electron chi connectivity index (χ3n) is 5.70. The summed E-state index contributed by atoms with van der Waals surface area (Å²) in [6.07, 6.45) is 3.35. The summed E-state index contributed by atoms with van der Waals surface area (Å²) in [5.74, 6) is 1.75. The van der Waals surface area contributed by atoms with Gasteiger partial charge in [0.25, 0.3) is 0 Å². The number of aliphatic imine (C=N–C) groups is 1. The van der Waals surface area contributed by atoms with E-state index in [4.69, 9.17) is 4.74 Å². The largest absolute Gasteiger partial charge is 0.374 e. The second kappa shape index (κ2) is 13.2. The van der Waals surface area contributed by atoms with Crippen molar-refractivity contribution in [2.75, 3.05) is 45.2 Å². The second-order valence-corrected chi connectivity index (χ2v) is 8.77. The van der Waals surface area contributed by atoms with Crippen molar-refractivity contribution in [3.8, 4) is 0 Å². The SMILES string of the molecule is CN=C(NCc1cccc(NC(=O)C2CCC2)c1)NCC1CN(CC(C)C)CCO1.I. The van der Waals surface area contributed by atoms with Gasteiger partial charge < -0.3 is 20.7 Å². The smallest absolute Gasteiger partial charge is 0.227 e. The Kier molecular flexibility index (Phi) is 11.0. The highest BCUT2D eigenvalue weighted by molar-refractivity contribution is 14.0. The maximum absolute atomic E-state index is 12.2. The summed E-state index contributed by atoms with van der Waals surface area (Å²) in [5.41, 5.74) is 1.95. The molecule has 0 bridgehead atoms. The molecule has 1 heterocycles. The van der Waals surface area contributed by atoms with E-state index < -0.39 is 0 Å². The molecule has 1 aliphatic heterocycles. The third kappa shape index (κ3) is 8.57. The summed E-state index contributed by atoms with van der Waals surface area (Å²) in [7, 11) is 1.78. The highest BCUT2D eigenvalue weighted by Gasteiger charge is 2.25. The molecule has 1 saturated heterocycles. The molecule has 0 spiro atoms. The number of nitrogens with zero attached hydrogens (tertiary/aromatic N) is 2. The number of halogens is 1. The number of carbonyl (C=O) groups excluding carboxylic acids is 1. The van der Waals surface area contributed by atoms with E-state index in [1.54, 1.807) is 7.05 Å². The van der Waals surface area contributed by atoms with Crippen molar-refractivity contribution in [3.05, 3.63) is 29.8 Å². The fraction of sp³-hybridized carbons (Fsp3) is 0.652. The van der Waals surface area contributed by atoms with Gasteiger partial charge in [0.15, 0.2) is 5.96 Å². The van der Waals surface area contributed by atoms with Gasteiger partial charge in [0.05, 0.1) is 12.7 Å². The van der Waals surface area contributed by atoms with Crippen LogP contribution >= 0.6 is 24.0 Å². The number of ether oxygens (including phenoxy) is 1.